The van der Waals surface area contributed by atoms with Crippen molar-refractivity contribution >= 4 is 10.8 Å². The molecule has 100 valence electrons. The molecule has 0 unspecified atom stereocenters. The summed E-state index contributed by atoms with van der Waals surface area (Å²) in [5, 5.41) is 1.47. The molecule has 0 bridgehead atoms. The lowest BCUT2D eigenvalue weighted by Crippen LogP contribution is -2.07. The maximum absolute atomic E-state index is 12.2. The second-order valence-corrected chi connectivity index (χ2v) is 4.80. The van der Waals surface area contributed by atoms with E-state index in [0.29, 0.717) is 11.1 Å². The highest BCUT2D eigenvalue weighted by Gasteiger charge is 2.07. The number of fused-ring (bicyclic) bond motifs is 1. The SMILES string of the molecule is COc1cccc2c(=O)[nH]c(-c3ccc(C)cc3)cc12. The van der Waals surface area contributed by atoms with Gasteiger partial charge in [-0.3, -0.25) is 4.79 Å². The monoisotopic (exact) mass is 265 g/mol. The van der Waals surface area contributed by atoms with Crippen LogP contribution in [0, 0.1) is 6.92 Å². The van der Waals surface area contributed by atoms with E-state index in [-0.39, 0.29) is 5.56 Å². The van der Waals surface area contributed by atoms with Gasteiger partial charge in [-0.15, -0.1) is 0 Å². The van der Waals surface area contributed by atoms with Crippen LogP contribution in [0.3, 0.4) is 0 Å². The van der Waals surface area contributed by atoms with Crippen molar-refractivity contribution in [2.75, 3.05) is 7.11 Å². The molecule has 0 atom stereocenters. The molecule has 1 N–H and O–H groups in total. The first kappa shape index (κ1) is 12.5. The number of pyridine rings is 1. The van der Waals surface area contributed by atoms with Gasteiger partial charge in [0.25, 0.3) is 5.56 Å². The molecular weight excluding hydrogens is 250 g/mol. The Kier molecular flexibility index (Phi) is 3.03. The molecule has 0 amide bonds. The van der Waals surface area contributed by atoms with Gasteiger partial charge in [-0.05, 0) is 30.7 Å². The average Bonchev–Trinajstić information content (AvgIpc) is 2.47. The molecule has 2 aromatic carbocycles. The van der Waals surface area contributed by atoms with Gasteiger partial charge in [0.1, 0.15) is 5.75 Å². The Morgan fingerprint density at radius 1 is 1.00 bits per heavy atom. The van der Waals surface area contributed by atoms with Crippen molar-refractivity contribution in [1.82, 2.24) is 4.98 Å². The number of hydrogen-bond acceptors (Lipinski definition) is 2. The summed E-state index contributed by atoms with van der Waals surface area (Å²) in [7, 11) is 1.61. The fourth-order valence-corrected chi connectivity index (χ4v) is 2.33. The first-order valence-electron chi connectivity index (χ1n) is 6.46. The molecule has 0 saturated carbocycles. The molecule has 3 nitrogen and oxygen atoms in total. The van der Waals surface area contributed by atoms with Crippen molar-refractivity contribution < 1.29 is 4.74 Å². The van der Waals surface area contributed by atoms with Gasteiger partial charge in [-0.1, -0.05) is 35.9 Å². The molecule has 0 aliphatic rings. The van der Waals surface area contributed by atoms with E-state index >= 15 is 0 Å². The first-order valence-corrected chi connectivity index (χ1v) is 6.46. The minimum atomic E-state index is -0.100. The van der Waals surface area contributed by atoms with Crippen LogP contribution in [0.4, 0.5) is 0 Å². The predicted molar refractivity (Wildman–Crippen MR) is 81.3 cm³/mol. The lowest BCUT2D eigenvalue weighted by Gasteiger charge is -2.08. The minimum Gasteiger partial charge on any atom is -0.496 e. The summed E-state index contributed by atoms with van der Waals surface area (Å²) in [6.07, 6.45) is 0. The maximum Gasteiger partial charge on any atom is 0.256 e. The molecule has 1 heterocycles. The van der Waals surface area contributed by atoms with Gasteiger partial charge < -0.3 is 9.72 Å². The summed E-state index contributed by atoms with van der Waals surface area (Å²) in [6, 6.07) is 15.5. The van der Waals surface area contributed by atoms with Crippen molar-refractivity contribution in [2.45, 2.75) is 6.92 Å². The molecule has 0 fully saturated rings. The summed E-state index contributed by atoms with van der Waals surface area (Å²) in [5.41, 5.74) is 2.87. The van der Waals surface area contributed by atoms with E-state index in [1.165, 1.54) is 5.56 Å². The summed E-state index contributed by atoms with van der Waals surface area (Å²) in [6.45, 7) is 2.04. The maximum atomic E-state index is 12.2. The van der Waals surface area contributed by atoms with Crippen LogP contribution in [-0.4, -0.2) is 12.1 Å². The number of aryl methyl sites for hydroxylation is 1. The van der Waals surface area contributed by atoms with Crippen LogP contribution in [-0.2, 0) is 0 Å². The average molecular weight is 265 g/mol. The van der Waals surface area contributed by atoms with E-state index in [1.807, 2.05) is 49.4 Å². The number of benzene rings is 2. The molecular formula is C17H15NO2. The minimum absolute atomic E-state index is 0.100. The molecule has 0 aliphatic carbocycles. The third kappa shape index (κ3) is 2.07. The summed E-state index contributed by atoms with van der Waals surface area (Å²) < 4.78 is 5.34. The summed E-state index contributed by atoms with van der Waals surface area (Å²) in [4.78, 5) is 15.1. The van der Waals surface area contributed by atoms with Gasteiger partial charge in [0.15, 0.2) is 0 Å². The number of H-pyrrole nitrogens is 1. The number of aromatic nitrogens is 1. The molecule has 3 heteroatoms. The van der Waals surface area contributed by atoms with Gasteiger partial charge in [-0.25, -0.2) is 0 Å². The van der Waals surface area contributed by atoms with Crippen molar-refractivity contribution in [3.05, 3.63) is 64.4 Å². The Hall–Kier alpha value is -2.55. The molecule has 20 heavy (non-hydrogen) atoms. The van der Waals surface area contributed by atoms with E-state index in [2.05, 4.69) is 4.98 Å². The standard InChI is InChI=1S/C17H15NO2/c1-11-6-8-12(9-7-11)15-10-14-13(17(19)18-15)4-3-5-16(14)20-2/h3-10H,1-2H3,(H,18,19). The Bertz CT molecular complexity index is 817. The summed E-state index contributed by atoms with van der Waals surface area (Å²) >= 11 is 0. The van der Waals surface area contributed by atoms with Crippen molar-refractivity contribution in [1.29, 1.82) is 0 Å². The van der Waals surface area contributed by atoms with Gasteiger partial charge in [-0.2, -0.15) is 0 Å². The zero-order chi connectivity index (χ0) is 14.1. The Morgan fingerprint density at radius 2 is 1.75 bits per heavy atom. The quantitative estimate of drug-likeness (QED) is 0.770. The summed E-state index contributed by atoms with van der Waals surface area (Å²) in [5.74, 6) is 0.710. The van der Waals surface area contributed by atoms with Crippen LogP contribution in [0.5, 0.6) is 5.75 Å². The number of nitrogens with one attached hydrogen (secondary N) is 1. The van der Waals surface area contributed by atoms with Crippen LogP contribution in [0.25, 0.3) is 22.0 Å². The second-order valence-electron chi connectivity index (χ2n) is 4.80. The van der Waals surface area contributed by atoms with Crippen LogP contribution in [0.1, 0.15) is 5.56 Å². The van der Waals surface area contributed by atoms with E-state index < -0.39 is 0 Å². The highest BCUT2D eigenvalue weighted by atomic mass is 16.5. The van der Waals surface area contributed by atoms with E-state index in [4.69, 9.17) is 4.74 Å². The lowest BCUT2D eigenvalue weighted by molar-refractivity contribution is 0.420. The molecule has 0 radical (unpaired) electrons. The molecule has 1 aromatic heterocycles. The number of ether oxygens (including phenoxy) is 1. The normalized spacial score (nSPS) is 10.7. The smallest absolute Gasteiger partial charge is 0.256 e. The first-order chi connectivity index (χ1) is 9.69. The van der Waals surface area contributed by atoms with E-state index in [0.717, 1.165) is 16.6 Å². The van der Waals surface area contributed by atoms with Gasteiger partial charge in [0.2, 0.25) is 0 Å². The third-order valence-corrected chi connectivity index (χ3v) is 3.43. The molecule has 0 aliphatic heterocycles. The zero-order valence-electron chi connectivity index (χ0n) is 11.4. The van der Waals surface area contributed by atoms with Gasteiger partial charge in [0, 0.05) is 11.1 Å². The topological polar surface area (TPSA) is 42.1 Å². The van der Waals surface area contributed by atoms with Crippen molar-refractivity contribution in [3.8, 4) is 17.0 Å². The molecule has 3 aromatic rings. The fourth-order valence-electron chi connectivity index (χ4n) is 2.33. The highest BCUT2D eigenvalue weighted by Crippen LogP contribution is 2.26. The largest absolute Gasteiger partial charge is 0.496 e. The van der Waals surface area contributed by atoms with Crippen LogP contribution < -0.4 is 10.3 Å². The van der Waals surface area contributed by atoms with Crippen LogP contribution in [0.2, 0.25) is 0 Å². The fraction of sp³-hybridized carbons (Fsp3) is 0.118. The number of rotatable bonds is 2. The predicted octanol–water partition coefficient (Wildman–Crippen LogP) is 3.51. The Balaban J connectivity index is 2.28. The molecule has 0 saturated heterocycles. The zero-order valence-corrected chi connectivity index (χ0v) is 11.4. The van der Waals surface area contributed by atoms with Gasteiger partial charge >= 0.3 is 0 Å². The highest BCUT2D eigenvalue weighted by molar-refractivity contribution is 5.90. The van der Waals surface area contributed by atoms with Gasteiger partial charge in [0.05, 0.1) is 12.5 Å². The van der Waals surface area contributed by atoms with E-state index in [1.54, 1.807) is 13.2 Å². The number of aromatic amines is 1. The van der Waals surface area contributed by atoms with E-state index in [9.17, 15) is 4.79 Å². The third-order valence-electron chi connectivity index (χ3n) is 3.43. The lowest BCUT2D eigenvalue weighted by atomic mass is 10.1. The second kappa shape index (κ2) is 4.85. The number of hydrogen-bond donors (Lipinski definition) is 1. The molecule has 3 rings (SSSR count). The van der Waals surface area contributed by atoms with Crippen molar-refractivity contribution in [3.63, 3.8) is 0 Å². The van der Waals surface area contributed by atoms with Crippen LogP contribution >= 0.6 is 0 Å². The Labute approximate surface area is 116 Å². The van der Waals surface area contributed by atoms with Crippen LogP contribution in [0.15, 0.2) is 53.3 Å². The number of methoxy groups -OCH3 is 1. The molecule has 0 spiro atoms. The van der Waals surface area contributed by atoms with Crippen molar-refractivity contribution in [2.24, 2.45) is 0 Å². The Morgan fingerprint density at radius 3 is 2.45 bits per heavy atom.